The van der Waals surface area contributed by atoms with Gasteiger partial charge in [0.25, 0.3) is 0 Å². The second-order valence-corrected chi connectivity index (χ2v) is 9.80. The standard InChI is InChI=1S/C22H30BN3O7/c1-9-30-18(28)15-12-26(25-19(29)31-20(2,3)4)17-14(16(15)27)10-13(11-24-17)23-32-21(5,6)22(7,8)33-23/h10-12H,9H2,1-8H3,(H,25,29). The van der Waals surface area contributed by atoms with Crippen LogP contribution >= 0.6 is 0 Å². The van der Waals surface area contributed by atoms with Crippen molar-refractivity contribution in [1.29, 1.82) is 0 Å². The number of hydrogen-bond acceptors (Lipinski definition) is 8. The van der Waals surface area contributed by atoms with Crippen molar-refractivity contribution >= 4 is 35.7 Å². The molecule has 2 aromatic heterocycles. The summed E-state index contributed by atoms with van der Waals surface area (Å²) in [5.41, 5.74) is 0.369. The number of esters is 1. The predicted molar refractivity (Wildman–Crippen MR) is 123 cm³/mol. The minimum atomic E-state index is -0.815. The number of aromatic nitrogens is 2. The third-order valence-electron chi connectivity index (χ3n) is 5.49. The van der Waals surface area contributed by atoms with Gasteiger partial charge >= 0.3 is 19.2 Å². The summed E-state index contributed by atoms with van der Waals surface area (Å²) in [6.45, 7) is 14.5. The highest BCUT2D eigenvalue weighted by molar-refractivity contribution is 6.62. The molecule has 11 heteroatoms. The normalized spacial score (nSPS) is 17.2. The summed E-state index contributed by atoms with van der Waals surface area (Å²) in [4.78, 5) is 42.3. The van der Waals surface area contributed by atoms with Crippen LogP contribution in [0.15, 0.2) is 23.3 Å². The van der Waals surface area contributed by atoms with Gasteiger partial charge in [-0.25, -0.2) is 24.7 Å². The van der Waals surface area contributed by atoms with Gasteiger partial charge in [-0.3, -0.25) is 4.79 Å². The molecular formula is C22H30BN3O7. The van der Waals surface area contributed by atoms with E-state index in [4.69, 9.17) is 18.8 Å². The van der Waals surface area contributed by atoms with Crippen LogP contribution in [-0.2, 0) is 18.8 Å². The first-order chi connectivity index (χ1) is 15.1. The maximum atomic E-state index is 13.2. The van der Waals surface area contributed by atoms with Crippen molar-refractivity contribution in [3.8, 4) is 0 Å². The molecule has 3 rings (SSSR count). The van der Waals surface area contributed by atoms with E-state index < -0.39 is 41.4 Å². The first kappa shape index (κ1) is 24.7. The van der Waals surface area contributed by atoms with Gasteiger partial charge in [-0.05, 0) is 61.5 Å². The van der Waals surface area contributed by atoms with E-state index in [9.17, 15) is 14.4 Å². The summed E-state index contributed by atoms with van der Waals surface area (Å²) in [5.74, 6) is -0.815. The highest BCUT2D eigenvalue weighted by atomic mass is 16.7. The lowest BCUT2D eigenvalue weighted by molar-refractivity contribution is 0.00578. The third-order valence-corrected chi connectivity index (χ3v) is 5.49. The van der Waals surface area contributed by atoms with Crippen LogP contribution in [0.1, 0.15) is 65.7 Å². The lowest BCUT2D eigenvalue weighted by atomic mass is 9.80. The van der Waals surface area contributed by atoms with E-state index in [-0.39, 0.29) is 23.2 Å². The number of fused-ring (bicyclic) bond motifs is 1. The summed E-state index contributed by atoms with van der Waals surface area (Å²) in [5, 5.41) is 0.0869. The number of amides is 1. The van der Waals surface area contributed by atoms with Crippen LogP contribution < -0.4 is 16.3 Å². The molecule has 1 amide bonds. The van der Waals surface area contributed by atoms with Crippen molar-refractivity contribution in [2.45, 2.75) is 72.2 Å². The summed E-state index contributed by atoms with van der Waals surface area (Å²) >= 11 is 0. The largest absolute Gasteiger partial charge is 0.496 e. The number of nitrogens with one attached hydrogen (secondary N) is 1. The zero-order chi connectivity index (χ0) is 24.8. The fourth-order valence-corrected chi connectivity index (χ4v) is 3.17. The van der Waals surface area contributed by atoms with Crippen LogP contribution in [0.3, 0.4) is 0 Å². The molecule has 0 bridgehead atoms. The second kappa shape index (κ2) is 8.46. The first-order valence-corrected chi connectivity index (χ1v) is 10.7. The monoisotopic (exact) mass is 459 g/mol. The number of ether oxygens (including phenoxy) is 2. The fourth-order valence-electron chi connectivity index (χ4n) is 3.17. The van der Waals surface area contributed by atoms with Gasteiger partial charge in [0.05, 0.1) is 23.2 Å². The molecule has 0 spiro atoms. The molecule has 1 aliphatic rings. The van der Waals surface area contributed by atoms with E-state index in [0.29, 0.717) is 5.46 Å². The smallest absolute Gasteiger partial charge is 0.462 e. The highest BCUT2D eigenvalue weighted by Gasteiger charge is 2.51. The van der Waals surface area contributed by atoms with Crippen LogP contribution in [0, 0.1) is 0 Å². The number of carbonyl (C=O) groups excluding carboxylic acids is 2. The minimum Gasteiger partial charge on any atom is -0.462 e. The van der Waals surface area contributed by atoms with Crippen molar-refractivity contribution < 1.29 is 28.4 Å². The van der Waals surface area contributed by atoms with E-state index in [0.717, 1.165) is 0 Å². The van der Waals surface area contributed by atoms with E-state index >= 15 is 0 Å². The van der Waals surface area contributed by atoms with Crippen LogP contribution in [0.25, 0.3) is 11.0 Å². The van der Waals surface area contributed by atoms with E-state index in [2.05, 4.69) is 10.4 Å². The molecule has 0 aliphatic carbocycles. The number of pyridine rings is 2. The van der Waals surface area contributed by atoms with E-state index in [1.165, 1.54) is 17.1 Å². The Kier molecular flexibility index (Phi) is 6.34. The summed E-state index contributed by atoms with van der Waals surface area (Å²) in [6.07, 6.45) is 1.90. The molecule has 0 saturated carbocycles. The van der Waals surface area contributed by atoms with Crippen molar-refractivity contribution in [3.05, 3.63) is 34.2 Å². The molecule has 0 atom stereocenters. The van der Waals surface area contributed by atoms with Gasteiger partial charge in [0.15, 0.2) is 5.65 Å². The fraction of sp³-hybridized carbons (Fsp3) is 0.545. The van der Waals surface area contributed by atoms with Crippen molar-refractivity contribution in [2.24, 2.45) is 0 Å². The Labute approximate surface area is 192 Å². The van der Waals surface area contributed by atoms with E-state index in [1.54, 1.807) is 33.8 Å². The van der Waals surface area contributed by atoms with Crippen LogP contribution in [-0.4, -0.2) is 52.3 Å². The Bertz CT molecular complexity index is 1140. The third kappa shape index (κ3) is 5.04. The molecule has 1 N–H and O–H groups in total. The predicted octanol–water partition coefficient (Wildman–Crippen LogP) is 2.35. The van der Waals surface area contributed by atoms with E-state index in [1.807, 2.05) is 27.7 Å². The number of rotatable bonds is 4. The van der Waals surface area contributed by atoms with Gasteiger partial charge in [-0.1, -0.05) is 0 Å². The molecule has 178 valence electrons. The van der Waals surface area contributed by atoms with Gasteiger partial charge in [-0.15, -0.1) is 0 Å². The Morgan fingerprint density at radius 2 is 1.79 bits per heavy atom. The summed E-state index contributed by atoms with van der Waals surface area (Å²) in [7, 11) is -0.759. The Morgan fingerprint density at radius 3 is 2.33 bits per heavy atom. The molecule has 0 unspecified atom stereocenters. The topological polar surface area (TPSA) is 118 Å². The molecule has 1 aliphatic heterocycles. The van der Waals surface area contributed by atoms with Crippen molar-refractivity contribution in [1.82, 2.24) is 9.66 Å². The minimum absolute atomic E-state index is 0.0853. The number of hydrogen-bond donors (Lipinski definition) is 1. The molecule has 33 heavy (non-hydrogen) atoms. The highest BCUT2D eigenvalue weighted by Crippen LogP contribution is 2.36. The molecular weight excluding hydrogens is 429 g/mol. The average molecular weight is 459 g/mol. The Morgan fingerprint density at radius 1 is 1.18 bits per heavy atom. The van der Waals surface area contributed by atoms with Gasteiger partial charge in [-0.2, -0.15) is 0 Å². The van der Waals surface area contributed by atoms with Gasteiger partial charge < -0.3 is 18.8 Å². The lowest BCUT2D eigenvalue weighted by Gasteiger charge is -2.32. The summed E-state index contributed by atoms with van der Waals surface area (Å²) < 4.78 is 23.6. The maximum absolute atomic E-state index is 13.2. The second-order valence-electron chi connectivity index (χ2n) is 9.80. The zero-order valence-electron chi connectivity index (χ0n) is 20.3. The van der Waals surface area contributed by atoms with Gasteiger partial charge in [0.1, 0.15) is 11.2 Å². The van der Waals surface area contributed by atoms with Crippen molar-refractivity contribution in [3.63, 3.8) is 0 Å². The molecule has 1 fully saturated rings. The maximum Gasteiger partial charge on any atom is 0.496 e. The number of carbonyl (C=O) groups is 2. The molecule has 1 saturated heterocycles. The van der Waals surface area contributed by atoms with Crippen LogP contribution in [0.4, 0.5) is 4.79 Å². The van der Waals surface area contributed by atoms with Gasteiger partial charge in [0.2, 0.25) is 5.43 Å². The average Bonchev–Trinajstić information content (AvgIpc) is 2.89. The van der Waals surface area contributed by atoms with Crippen LogP contribution in [0.5, 0.6) is 0 Å². The van der Waals surface area contributed by atoms with Crippen molar-refractivity contribution in [2.75, 3.05) is 12.0 Å². The Hall–Kier alpha value is -2.92. The summed E-state index contributed by atoms with van der Waals surface area (Å²) in [6, 6.07) is 1.54. The lowest BCUT2D eigenvalue weighted by Crippen LogP contribution is -2.41. The SMILES string of the molecule is CCOC(=O)c1cn(NC(=O)OC(C)(C)C)c2ncc(B3OC(C)(C)C(C)(C)O3)cc2c1=O. The van der Waals surface area contributed by atoms with Crippen LogP contribution in [0.2, 0.25) is 0 Å². The molecule has 2 aromatic rings. The quantitative estimate of drug-likeness (QED) is 0.547. The molecule has 10 nitrogen and oxygen atoms in total. The molecule has 0 radical (unpaired) electrons. The zero-order valence-corrected chi connectivity index (χ0v) is 20.3. The number of nitrogens with zero attached hydrogens (tertiary/aromatic N) is 2. The van der Waals surface area contributed by atoms with Gasteiger partial charge in [0, 0.05) is 17.9 Å². The molecule has 3 heterocycles. The molecule has 0 aromatic carbocycles. The Balaban J connectivity index is 2.11. The first-order valence-electron chi connectivity index (χ1n) is 10.7.